The van der Waals surface area contributed by atoms with Gasteiger partial charge in [-0.1, -0.05) is 0 Å². The lowest BCUT2D eigenvalue weighted by atomic mass is 10.0. The van der Waals surface area contributed by atoms with Gasteiger partial charge in [-0.2, -0.15) is 5.10 Å². The quantitative estimate of drug-likeness (QED) is 0.814. The van der Waals surface area contributed by atoms with Crippen molar-refractivity contribution in [2.24, 2.45) is 13.0 Å². The Kier molecular flexibility index (Phi) is 5.42. The van der Waals surface area contributed by atoms with Gasteiger partial charge in [-0.3, -0.25) is 9.58 Å². The maximum atomic E-state index is 5.81. The fourth-order valence-corrected chi connectivity index (χ4v) is 3.07. The molecule has 1 atom stereocenters. The third-order valence-electron chi connectivity index (χ3n) is 4.25. The fraction of sp³-hybridized carbons (Fsp3) is 0.588. The molecule has 0 N–H and O–H groups in total. The fourth-order valence-electron chi connectivity index (χ4n) is 3.07. The Balaban J connectivity index is 1.63. The van der Waals surface area contributed by atoms with Crippen LogP contribution in [0.15, 0.2) is 24.8 Å². The highest BCUT2D eigenvalue weighted by Crippen LogP contribution is 2.16. The van der Waals surface area contributed by atoms with Crippen molar-refractivity contribution in [1.29, 1.82) is 0 Å². The van der Waals surface area contributed by atoms with Crippen LogP contribution in [0, 0.1) is 5.92 Å². The second kappa shape index (κ2) is 7.72. The third-order valence-corrected chi connectivity index (χ3v) is 4.25. The molecule has 7 nitrogen and oxygen atoms in total. The van der Waals surface area contributed by atoms with Crippen LogP contribution in [0.5, 0.6) is 0 Å². The van der Waals surface area contributed by atoms with Gasteiger partial charge in [0.05, 0.1) is 19.4 Å². The molecule has 7 heteroatoms. The maximum Gasteiger partial charge on any atom is 0.131 e. The van der Waals surface area contributed by atoms with E-state index in [0.29, 0.717) is 5.92 Å². The number of nitrogens with zero attached hydrogens (tertiary/aromatic N) is 6. The Morgan fingerprint density at radius 1 is 1.33 bits per heavy atom. The molecule has 0 aliphatic carbocycles. The molecule has 0 bridgehead atoms. The highest BCUT2D eigenvalue weighted by atomic mass is 16.5. The largest absolute Gasteiger partial charge is 0.380 e. The molecule has 3 rings (SSSR count). The van der Waals surface area contributed by atoms with Crippen molar-refractivity contribution in [3.63, 3.8) is 0 Å². The molecule has 2 aromatic rings. The van der Waals surface area contributed by atoms with E-state index in [-0.39, 0.29) is 0 Å². The van der Waals surface area contributed by atoms with Gasteiger partial charge in [-0.15, -0.1) is 0 Å². The molecule has 1 aliphatic heterocycles. The molecule has 24 heavy (non-hydrogen) atoms. The van der Waals surface area contributed by atoms with E-state index in [2.05, 4.69) is 32.2 Å². The average molecular weight is 330 g/mol. The van der Waals surface area contributed by atoms with E-state index in [4.69, 9.17) is 4.74 Å². The average Bonchev–Trinajstić information content (AvgIpc) is 2.83. The summed E-state index contributed by atoms with van der Waals surface area (Å²) < 4.78 is 7.67. The Labute approximate surface area is 143 Å². The molecule has 0 radical (unpaired) electrons. The molecular weight excluding hydrogens is 304 g/mol. The van der Waals surface area contributed by atoms with E-state index >= 15 is 0 Å². The molecular formula is C17H26N6O. The van der Waals surface area contributed by atoms with E-state index in [1.54, 1.807) is 6.33 Å². The first kappa shape index (κ1) is 16.9. The lowest BCUT2D eigenvalue weighted by Gasteiger charge is -2.22. The molecule has 0 amide bonds. The summed E-state index contributed by atoms with van der Waals surface area (Å²) in [5, 5.41) is 4.26. The third kappa shape index (κ3) is 4.52. The molecule has 1 saturated heterocycles. The van der Waals surface area contributed by atoms with Crippen molar-refractivity contribution in [1.82, 2.24) is 24.6 Å². The predicted octanol–water partition coefficient (Wildman–Crippen LogP) is 0.967. The van der Waals surface area contributed by atoms with Gasteiger partial charge >= 0.3 is 0 Å². The first-order valence-corrected chi connectivity index (χ1v) is 8.36. The molecule has 1 aliphatic rings. The summed E-state index contributed by atoms with van der Waals surface area (Å²) in [6, 6.07) is 2.07. The van der Waals surface area contributed by atoms with E-state index in [9.17, 15) is 0 Å². The van der Waals surface area contributed by atoms with Crippen LogP contribution < -0.4 is 4.90 Å². The Bertz CT molecular complexity index is 656. The van der Waals surface area contributed by atoms with Gasteiger partial charge in [0.15, 0.2) is 0 Å². The monoisotopic (exact) mass is 330 g/mol. The van der Waals surface area contributed by atoms with E-state index in [1.807, 2.05) is 36.9 Å². The van der Waals surface area contributed by atoms with Crippen LogP contribution in [-0.2, 0) is 24.8 Å². The minimum absolute atomic E-state index is 0.439. The summed E-state index contributed by atoms with van der Waals surface area (Å²) in [5.41, 5.74) is 2.32. The minimum atomic E-state index is 0.439. The second-order valence-electron chi connectivity index (χ2n) is 6.66. The SMILES string of the molecule is CN(C)c1cc(CC2COCCN(Cc3cnn(C)c3)C2)ncn1. The molecule has 130 valence electrons. The smallest absolute Gasteiger partial charge is 0.131 e. The van der Waals surface area contributed by atoms with Gasteiger partial charge in [-0.25, -0.2) is 9.97 Å². The van der Waals surface area contributed by atoms with E-state index in [0.717, 1.165) is 50.8 Å². The molecule has 1 unspecified atom stereocenters. The van der Waals surface area contributed by atoms with Crippen LogP contribution in [0.4, 0.5) is 5.82 Å². The number of rotatable bonds is 5. The normalized spacial score (nSPS) is 19.2. The second-order valence-corrected chi connectivity index (χ2v) is 6.66. The van der Waals surface area contributed by atoms with Crippen molar-refractivity contribution in [2.45, 2.75) is 13.0 Å². The summed E-state index contributed by atoms with van der Waals surface area (Å²) >= 11 is 0. The van der Waals surface area contributed by atoms with Crippen LogP contribution in [0.1, 0.15) is 11.3 Å². The number of aryl methyl sites for hydroxylation is 1. The van der Waals surface area contributed by atoms with E-state index in [1.165, 1.54) is 5.56 Å². The van der Waals surface area contributed by atoms with Gasteiger partial charge in [-0.05, 0) is 6.42 Å². The number of aromatic nitrogens is 4. The van der Waals surface area contributed by atoms with Gasteiger partial charge < -0.3 is 9.64 Å². The Morgan fingerprint density at radius 2 is 2.21 bits per heavy atom. The van der Waals surface area contributed by atoms with Gasteiger partial charge in [0.1, 0.15) is 12.1 Å². The number of hydrogen-bond donors (Lipinski definition) is 0. The van der Waals surface area contributed by atoms with Crippen molar-refractivity contribution < 1.29 is 4.74 Å². The van der Waals surface area contributed by atoms with Crippen molar-refractivity contribution >= 4 is 5.82 Å². The van der Waals surface area contributed by atoms with Crippen LogP contribution in [0.2, 0.25) is 0 Å². The first-order valence-electron chi connectivity index (χ1n) is 8.36. The molecule has 1 fully saturated rings. The Morgan fingerprint density at radius 3 is 2.96 bits per heavy atom. The Hall–Kier alpha value is -1.99. The summed E-state index contributed by atoms with van der Waals surface area (Å²) in [6.45, 7) is 4.45. The van der Waals surface area contributed by atoms with Gasteiger partial charge in [0, 0.05) is 70.2 Å². The number of ether oxygens (including phenoxy) is 1. The molecule has 0 saturated carbocycles. The highest BCUT2D eigenvalue weighted by molar-refractivity contribution is 5.36. The highest BCUT2D eigenvalue weighted by Gasteiger charge is 2.20. The molecule has 2 aromatic heterocycles. The van der Waals surface area contributed by atoms with Crippen LogP contribution in [-0.4, -0.2) is 65.0 Å². The van der Waals surface area contributed by atoms with Crippen LogP contribution in [0.3, 0.4) is 0 Å². The van der Waals surface area contributed by atoms with Crippen molar-refractivity contribution in [2.75, 3.05) is 45.3 Å². The summed E-state index contributed by atoms with van der Waals surface area (Å²) in [4.78, 5) is 13.2. The first-order chi connectivity index (χ1) is 11.6. The number of hydrogen-bond acceptors (Lipinski definition) is 6. The summed E-state index contributed by atoms with van der Waals surface area (Å²) in [5.74, 6) is 1.39. The zero-order chi connectivity index (χ0) is 16.9. The van der Waals surface area contributed by atoms with Crippen LogP contribution in [0.25, 0.3) is 0 Å². The van der Waals surface area contributed by atoms with Crippen LogP contribution >= 0.6 is 0 Å². The molecule has 3 heterocycles. The lowest BCUT2D eigenvalue weighted by Crippen LogP contribution is -2.30. The van der Waals surface area contributed by atoms with Gasteiger partial charge in [0.2, 0.25) is 0 Å². The lowest BCUT2D eigenvalue weighted by molar-refractivity contribution is 0.121. The topological polar surface area (TPSA) is 59.3 Å². The zero-order valence-electron chi connectivity index (χ0n) is 14.7. The molecule has 0 spiro atoms. The summed E-state index contributed by atoms with van der Waals surface area (Å²) in [7, 11) is 5.95. The van der Waals surface area contributed by atoms with Gasteiger partial charge in [0.25, 0.3) is 0 Å². The van der Waals surface area contributed by atoms with Crippen molar-refractivity contribution in [3.05, 3.63) is 36.0 Å². The number of anilines is 1. The van der Waals surface area contributed by atoms with E-state index < -0.39 is 0 Å². The maximum absolute atomic E-state index is 5.81. The predicted molar refractivity (Wildman–Crippen MR) is 92.9 cm³/mol. The standard InChI is InChI=1S/C17H26N6O/c1-21(2)17-7-16(18-13-19-17)6-14-10-23(4-5-24-12-14)11-15-8-20-22(3)9-15/h7-9,13-14H,4-6,10-12H2,1-3H3. The zero-order valence-corrected chi connectivity index (χ0v) is 14.7. The summed E-state index contributed by atoms with van der Waals surface area (Å²) in [6.07, 6.45) is 6.58. The minimum Gasteiger partial charge on any atom is -0.380 e. The van der Waals surface area contributed by atoms with Crippen molar-refractivity contribution in [3.8, 4) is 0 Å². The molecule has 0 aromatic carbocycles.